The predicted octanol–water partition coefficient (Wildman–Crippen LogP) is 4.58. The molecule has 0 spiro atoms. The van der Waals surface area contributed by atoms with Crippen LogP contribution in [0.3, 0.4) is 0 Å². The maximum atomic E-state index is 12.3. The number of halogens is 2. The molecule has 0 saturated heterocycles. The van der Waals surface area contributed by atoms with Crippen molar-refractivity contribution in [1.29, 1.82) is 0 Å². The molecule has 0 aliphatic heterocycles. The van der Waals surface area contributed by atoms with Gasteiger partial charge in [0.2, 0.25) is 0 Å². The van der Waals surface area contributed by atoms with Crippen LogP contribution in [0.25, 0.3) is 0 Å². The second-order valence-corrected chi connectivity index (χ2v) is 7.05. The van der Waals surface area contributed by atoms with E-state index in [9.17, 15) is 8.42 Å². The molecule has 22 heavy (non-hydrogen) atoms. The summed E-state index contributed by atoms with van der Waals surface area (Å²) in [7, 11) is -3.72. The Kier molecular flexibility index (Phi) is 5.56. The van der Waals surface area contributed by atoms with Gasteiger partial charge < -0.3 is 4.74 Å². The van der Waals surface area contributed by atoms with E-state index in [1.807, 2.05) is 6.92 Å². The average molecular weight is 360 g/mol. The maximum absolute atomic E-state index is 12.3. The SMILES string of the molecule is CCCOc1ccc(NS(=O)(=O)c2ccc(Cl)c(Cl)c2)cc1. The van der Waals surface area contributed by atoms with E-state index in [2.05, 4.69) is 4.72 Å². The normalized spacial score (nSPS) is 11.2. The molecule has 0 fully saturated rings. The molecule has 0 unspecified atom stereocenters. The molecule has 0 heterocycles. The number of hydrogen-bond acceptors (Lipinski definition) is 3. The molecule has 0 aliphatic rings. The minimum Gasteiger partial charge on any atom is -0.494 e. The Bertz CT molecular complexity index is 746. The van der Waals surface area contributed by atoms with Crippen LogP contribution in [-0.2, 0) is 10.0 Å². The summed E-state index contributed by atoms with van der Waals surface area (Å²) >= 11 is 11.6. The lowest BCUT2D eigenvalue weighted by Gasteiger charge is -2.10. The van der Waals surface area contributed by atoms with Crippen molar-refractivity contribution in [2.24, 2.45) is 0 Å². The third-order valence-corrected chi connectivity index (χ3v) is 4.90. The molecule has 2 rings (SSSR count). The summed E-state index contributed by atoms with van der Waals surface area (Å²) in [6.45, 7) is 2.63. The van der Waals surface area contributed by atoms with Crippen molar-refractivity contribution < 1.29 is 13.2 Å². The van der Waals surface area contributed by atoms with Gasteiger partial charge in [0.1, 0.15) is 5.75 Å². The van der Waals surface area contributed by atoms with Crippen molar-refractivity contribution in [1.82, 2.24) is 0 Å². The topological polar surface area (TPSA) is 55.4 Å². The summed E-state index contributed by atoms with van der Waals surface area (Å²) in [6.07, 6.45) is 0.908. The highest BCUT2D eigenvalue weighted by Crippen LogP contribution is 2.26. The summed E-state index contributed by atoms with van der Waals surface area (Å²) < 4.78 is 32.5. The van der Waals surface area contributed by atoms with Crippen LogP contribution in [0.15, 0.2) is 47.4 Å². The lowest BCUT2D eigenvalue weighted by molar-refractivity contribution is 0.317. The first-order valence-electron chi connectivity index (χ1n) is 6.63. The number of hydrogen-bond donors (Lipinski definition) is 1. The largest absolute Gasteiger partial charge is 0.494 e. The third kappa shape index (κ3) is 4.29. The van der Waals surface area contributed by atoms with Crippen LogP contribution in [0, 0.1) is 0 Å². The van der Waals surface area contributed by atoms with Crippen molar-refractivity contribution in [3.8, 4) is 5.75 Å². The fourth-order valence-electron chi connectivity index (χ4n) is 1.70. The molecule has 0 saturated carbocycles. The van der Waals surface area contributed by atoms with E-state index < -0.39 is 10.0 Å². The van der Waals surface area contributed by atoms with Gasteiger partial charge in [-0.25, -0.2) is 8.42 Å². The van der Waals surface area contributed by atoms with E-state index in [4.69, 9.17) is 27.9 Å². The first kappa shape index (κ1) is 16.9. The lowest BCUT2D eigenvalue weighted by Crippen LogP contribution is -2.12. The molecule has 2 aromatic rings. The summed E-state index contributed by atoms with van der Waals surface area (Å²) in [5, 5.41) is 0.492. The molecule has 2 aromatic carbocycles. The number of benzene rings is 2. The number of nitrogens with one attached hydrogen (secondary N) is 1. The van der Waals surface area contributed by atoms with Crippen LogP contribution in [0.2, 0.25) is 10.0 Å². The van der Waals surface area contributed by atoms with Crippen molar-refractivity contribution in [2.75, 3.05) is 11.3 Å². The first-order valence-corrected chi connectivity index (χ1v) is 8.87. The van der Waals surface area contributed by atoms with Gasteiger partial charge in [-0.05, 0) is 48.9 Å². The molecule has 0 aliphatic carbocycles. The Balaban J connectivity index is 2.16. The zero-order chi connectivity index (χ0) is 16.2. The number of anilines is 1. The molecule has 0 aromatic heterocycles. The number of sulfonamides is 1. The van der Waals surface area contributed by atoms with Crippen molar-refractivity contribution in [3.05, 3.63) is 52.5 Å². The zero-order valence-electron chi connectivity index (χ0n) is 11.8. The molecule has 0 radical (unpaired) electrons. The van der Waals surface area contributed by atoms with Gasteiger partial charge >= 0.3 is 0 Å². The standard InChI is InChI=1S/C15H15Cl2NO3S/c1-2-9-21-12-5-3-11(4-6-12)18-22(19,20)13-7-8-14(16)15(17)10-13/h3-8,10,18H,2,9H2,1H3. The fraction of sp³-hybridized carbons (Fsp3) is 0.200. The Hall–Kier alpha value is -1.43. The Morgan fingerprint density at radius 2 is 1.73 bits per heavy atom. The molecular weight excluding hydrogens is 345 g/mol. The maximum Gasteiger partial charge on any atom is 0.261 e. The van der Waals surface area contributed by atoms with Gasteiger partial charge in [-0.15, -0.1) is 0 Å². The van der Waals surface area contributed by atoms with Gasteiger partial charge in [0.15, 0.2) is 0 Å². The van der Waals surface area contributed by atoms with E-state index in [0.29, 0.717) is 23.1 Å². The smallest absolute Gasteiger partial charge is 0.261 e. The van der Waals surface area contributed by atoms with Crippen LogP contribution < -0.4 is 9.46 Å². The molecule has 7 heteroatoms. The molecule has 4 nitrogen and oxygen atoms in total. The van der Waals surface area contributed by atoms with Crippen LogP contribution >= 0.6 is 23.2 Å². The molecule has 0 bridgehead atoms. The summed E-state index contributed by atoms with van der Waals surface area (Å²) in [5.41, 5.74) is 0.440. The minimum atomic E-state index is -3.72. The van der Waals surface area contributed by atoms with Crippen LogP contribution in [0.1, 0.15) is 13.3 Å². The van der Waals surface area contributed by atoms with Gasteiger partial charge in [-0.1, -0.05) is 30.1 Å². The highest BCUT2D eigenvalue weighted by atomic mass is 35.5. The van der Waals surface area contributed by atoms with E-state index in [1.165, 1.54) is 18.2 Å². The monoisotopic (exact) mass is 359 g/mol. The quantitative estimate of drug-likeness (QED) is 0.820. The zero-order valence-corrected chi connectivity index (χ0v) is 14.2. The first-order chi connectivity index (χ1) is 10.4. The van der Waals surface area contributed by atoms with E-state index in [-0.39, 0.29) is 9.92 Å². The van der Waals surface area contributed by atoms with E-state index >= 15 is 0 Å². The molecule has 118 valence electrons. The van der Waals surface area contributed by atoms with Crippen molar-refractivity contribution >= 4 is 38.9 Å². The Labute approximate surface area is 140 Å². The van der Waals surface area contributed by atoms with Crippen molar-refractivity contribution in [2.45, 2.75) is 18.2 Å². The van der Waals surface area contributed by atoms with Gasteiger partial charge in [0, 0.05) is 5.69 Å². The van der Waals surface area contributed by atoms with Gasteiger partial charge in [-0.3, -0.25) is 4.72 Å². The highest BCUT2D eigenvalue weighted by Gasteiger charge is 2.15. The molecule has 0 atom stereocenters. The number of rotatable bonds is 6. The van der Waals surface area contributed by atoms with Gasteiger partial charge in [0.05, 0.1) is 21.5 Å². The summed E-state index contributed by atoms with van der Waals surface area (Å²) in [5.74, 6) is 0.694. The highest BCUT2D eigenvalue weighted by molar-refractivity contribution is 7.92. The van der Waals surface area contributed by atoms with Gasteiger partial charge in [-0.2, -0.15) is 0 Å². The minimum absolute atomic E-state index is 0.0493. The summed E-state index contributed by atoms with van der Waals surface area (Å²) in [6, 6.07) is 10.9. The van der Waals surface area contributed by atoms with Gasteiger partial charge in [0.25, 0.3) is 10.0 Å². The van der Waals surface area contributed by atoms with E-state index in [1.54, 1.807) is 24.3 Å². The predicted molar refractivity (Wildman–Crippen MR) is 89.5 cm³/mol. The van der Waals surface area contributed by atoms with E-state index in [0.717, 1.165) is 6.42 Å². The van der Waals surface area contributed by atoms with Crippen LogP contribution in [0.5, 0.6) is 5.75 Å². The fourth-order valence-corrected chi connectivity index (χ4v) is 3.14. The second-order valence-electron chi connectivity index (χ2n) is 4.55. The summed E-state index contributed by atoms with van der Waals surface area (Å²) in [4.78, 5) is 0.0493. The average Bonchev–Trinajstić information content (AvgIpc) is 2.49. The van der Waals surface area contributed by atoms with Crippen LogP contribution in [-0.4, -0.2) is 15.0 Å². The lowest BCUT2D eigenvalue weighted by atomic mass is 10.3. The molecule has 0 amide bonds. The van der Waals surface area contributed by atoms with Crippen molar-refractivity contribution in [3.63, 3.8) is 0 Å². The third-order valence-electron chi connectivity index (χ3n) is 2.78. The van der Waals surface area contributed by atoms with Crippen LogP contribution in [0.4, 0.5) is 5.69 Å². The Morgan fingerprint density at radius 1 is 1.05 bits per heavy atom. The number of ether oxygens (including phenoxy) is 1. The molecular formula is C15H15Cl2NO3S. The molecule has 1 N–H and O–H groups in total. The Morgan fingerprint density at radius 3 is 2.32 bits per heavy atom. The second kappa shape index (κ2) is 7.22.